The normalized spacial score (nSPS) is 31.8. The zero-order chi connectivity index (χ0) is 11.9. The lowest BCUT2D eigenvalue weighted by Gasteiger charge is -2.21. The molecule has 0 radical (unpaired) electrons. The van der Waals surface area contributed by atoms with Crippen molar-refractivity contribution in [1.29, 1.82) is 0 Å². The van der Waals surface area contributed by atoms with Crippen LogP contribution in [0.4, 0.5) is 0 Å². The van der Waals surface area contributed by atoms with Gasteiger partial charge in [0.15, 0.2) is 0 Å². The average molecular weight is 229 g/mol. The van der Waals surface area contributed by atoms with Gasteiger partial charge in [0.05, 0.1) is 0 Å². The van der Waals surface area contributed by atoms with Crippen LogP contribution >= 0.6 is 0 Å². The summed E-state index contributed by atoms with van der Waals surface area (Å²) >= 11 is 0. The van der Waals surface area contributed by atoms with Crippen LogP contribution in [0, 0.1) is 17.3 Å². The third kappa shape index (κ3) is 2.26. The van der Waals surface area contributed by atoms with Gasteiger partial charge in [-0.25, -0.2) is 0 Å². The molecule has 0 N–H and O–H groups in total. The minimum atomic E-state index is 0.711. The van der Waals surface area contributed by atoms with Gasteiger partial charge in [-0.05, 0) is 35.7 Å². The van der Waals surface area contributed by atoms with E-state index in [9.17, 15) is 0 Å². The van der Waals surface area contributed by atoms with E-state index in [-0.39, 0.29) is 0 Å². The van der Waals surface area contributed by atoms with Crippen molar-refractivity contribution < 1.29 is 0 Å². The molecule has 1 heteroatoms. The fourth-order valence-electron chi connectivity index (χ4n) is 3.79. The van der Waals surface area contributed by atoms with Crippen molar-refractivity contribution in [3.05, 3.63) is 35.9 Å². The molecule has 0 spiro atoms. The molecule has 1 nitrogen and oxygen atoms in total. The topological polar surface area (TPSA) is 3.24 Å². The Morgan fingerprint density at radius 2 is 2.06 bits per heavy atom. The Morgan fingerprint density at radius 1 is 1.29 bits per heavy atom. The summed E-state index contributed by atoms with van der Waals surface area (Å²) in [5.74, 6) is 1.87. The monoisotopic (exact) mass is 229 g/mol. The van der Waals surface area contributed by atoms with Crippen LogP contribution in [-0.4, -0.2) is 18.0 Å². The minimum Gasteiger partial charge on any atom is -0.298 e. The second-order valence-electron chi connectivity index (χ2n) is 6.52. The highest BCUT2D eigenvalue weighted by molar-refractivity contribution is 5.17. The van der Waals surface area contributed by atoms with Crippen LogP contribution < -0.4 is 0 Å². The molecule has 1 aromatic rings. The molecule has 1 aromatic carbocycles. The first-order valence-corrected chi connectivity index (χ1v) is 6.94. The smallest absolute Gasteiger partial charge is 0.0234 e. The van der Waals surface area contributed by atoms with Gasteiger partial charge in [0.2, 0.25) is 0 Å². The number of benzene rings is 1. The molecular formula is C16H23N. The Hall–Kier alpha value is -0.820. The van der Waals surface area contributed by atoms with Gasteiger partial charge < -0.3 is 0 Å². The average Bonchev–Trinajstić information content (AvgIpc) is 2.80. The van der Waals surface area contributed by atoms with Crippen molar-refractivity contribution in [3.8, 4) is 0 Å². The summed E-state index contributed by atoms with van der Waals surface area (Å²) < 4.78 is 0. The van der Waals surface area contributed by atoms with Gasteiger partial charge >= 0.3 is 0 Å². The standard InChI is InChI=1S/C16H23N/c1-13(2)8-16-9-15(16)11-17(12-16)10-14-6-4-3-5-7-14/h3-7,13,15H,8-12H2,1-2H3. The second-order valence-corrected chi connectivity index (χ2v) is 6.52. The van der Waals surface area contributed by atoms with Crippen LogP contribution in [0.3, 0.4) is 0 Å². The van der Waals surface area contributed by atoms with E-state index in [4.69, 9.17) is 0 Å². The minimum absolute atomic E-state index is 0.711. The van der Waals surface area contributed by atoms with Gasteiger partial charge in [-0.1, -0.05) is 44.2 Å². The molecule has 1 saturated heterocycles. The highest BCUT2D eigenvalue weighted by Gasteiger charge is 2.59. The predicted molar refractivity (Wildman–Crippen MR) is 71.7 cm³/mol. The lowest BCUT2D eigenvalue weighted by atomic mass is 9.93. The van der Waals surface area contributed by atoms with Crippen molar-refractivity contribution in [2.24, 2.45) is 17.3 Å². The van der Waals surface area contributed by atoms with E-state index in [1.54, 1.807) is 0 Å². The molecule has 2 atom stereocenters. The van der Waals surface area contributed by atoms with Crippen LogP contribution in [0.25, 0.3) is 0 Å². The van der Waals surface area contributed by atoms with Crippen molar-refractivity contribution in [2.45, 2.75) is 33.2 Å². The number of hydrogen-bond acceptors (Lipinski definition) is 1. The Bertz CT molecular complexity index is 384. The van der Waals surface area contributed by atoms with Crippen LogP contribution in [0.2, 0.25) is 0 Å². The molecule has 17 heavy (non-hydrogen) atoms. The SMILES string of the molecule is CC(C)CC12CC1CN(Cc1ccccc1)C2. The Morgan fingerprint density at radius 3 is 2.76 bits per heavy atom. The summed E-state index contributed by atoms with van der Waals surface area (Å²) in [5, 5.41) is 0. The Kier molecular flexibility index (Phi) is 2.74. The maximum absolute atomic E-state index is 2.66. The van der Waals surface area contributed by atoms with E-state index in [0.717, 1.165) is 18.4 Å². The van der Waals surface area contributed by atoms with Crippen LogP contribution in [0.15, 0.2) is 30.3 Å². The van der Waals surface area contributed by atoms with Crippen molar-refractivity contribution in [1.82, 2.24) is 4.90 Å². The molecule has 3 rings (SSSR count). The van der Waals surface area contributed by atoms with Crippen LogP contribution in [0.5, 0.6) is 0 Å². The van der Waals surface area contributed by atoms with Gasteiger partial charge in [0.1, 0.15) is 0 Å². The van der Waals surface area contributed by atoms with Gasteiger partial charge in [-0.15, -0.1) is 0 Å². The third-order valence-electron chi connectivity index (χ3n) is 4.44. The first-order chi connectivity index (χ1) is 8.18. The lowest BCUT2D eigenvalue weighted by Crippen LogP contribution is -2.25. The fourth-order valence-corrected chi connectivity index (χ4v) is 3.79. The van der Waals surface area contributed by atoms with E-state index < -0.39 is 0 Å². The molecule has 0 bridgehead atoms. The number of likely N-dealkylation sites (tertiary alicyclic amines) is 1. The molecular weight excluding hydrogens is 206 g/mol. The molecule has 1 saturated carbocycles. The number of piperidine rings is 1. The first-order valence-electron chi connectivity index (χ1n) is 6.94. The molecule has 2 fully saturated rings. The quantitative estimate of drug-likeness (QED) is 0.763. The third-order valence-corrected chi connectivity index (χ3v) is 4.44. The van der Waals surface area contributed by atoms with Crippen molar-refractivity contribution >= 4 is 0 Å². The first kappa shape index (κ1) is 11.3. The second kappa shape index (κ2) is 4.13. The molecule has 2 aliphatic rings. The summed E-state index contributed by atoms with van der Waals surface area (Å²) in [7, 11) is 0. The van der Waals surface area contributed by atoms with Gasteiger partial charge in [-0.3, -0.25) is 4.90 Å². The number of fused-ring (bicyclic) bond motifs is 1. The van der Waals surface area contributed by atoms with E-state index in [1.165, 1.54) is 31.5 Å². The molecule has 1 heterocycles. The van der Waals surface area contributed by atoms with Gasteiger partial charge in [0.25, 0.3) is 0 Å². The zero-order valence-electron chi connectivity index (χ0n) is 11.0. The lowest BCUT2D eigenvalue weighted by molar-refractivity contribution is 0.256. The van der Waals surface area contributed by atoms with E-state index in [0.29, 0.717) is 5.41 Å². The summed E-state index contributed by atoms with van der Waals surface area (Å²) in [6, 6.07) is 10.9. The van der Waals surface area contributed by atoms with Crippen LogP contribution in [0.1, 0.15) is 32.3 Å². The molecule has 1 aliphatic carbocycles. The van der Waals surface area contributed by atoms with E-state index in [2.05, 4.69) is 49.1 Å². The van der Waals surface area contributed by atoms with E-state index in [1.807, 2.05) is 0 Å². The number of nitrogens with zero attached hydrogens (tertiary/aromatic N) is 1. The Balaban J connectivity index is 1.59. The van der Waals surface area contributed by atoms with E-state index >= 15 is 0 Å². The molecule has 1 aliphatic heterocycles. The van der Waals surface area contributed by atoms with Gasteiger partial charge in [0, 0.05) is 19.6 Å². The van der Waals surface area contributed by atoms with Crippen molar-refractivity contribution in [3.63, 3.8) is 0 Å². The van der Waals surface area contributed by atoms with Crippen LogP contribution in [-0.2, 0) is 6.54 Å². The molecule has 2 unspecified atom stereocenters. The number of rotatable bonds is 4. The maximum Gasteiger partial charge on any atom is 0.0234 e. The summed E-state index contributed by atoms with van der Waals surface area (Å²) in [6.45, 7) is 8.55. The molecule has 92 valence electrons. The summed E-state index contributed by atoms with van der Waals surface area (Å²) in [5.41, 5.74) is 2.18. The molecule has 0 amide bonds. The summed E-state index contributed by atoms with van der Waals surface area (Å²) in [6.07, 6.45) is 2.93. The zero-order valence-corrected chi connectivity index (χ0v) is 11.0. The van der Waals surface area contributed by atoms with Crippen molar-refractivity contribution in [2.75, 3.05) is 13.1 Å². The molecule has 0 aromatic heterocycles. The maximum atomic E-state index is 2.66. The predicted octanol–water partition coefficient (Wildman–Crippen LogP) is 3.55. The number of hydrogen-bond donors (Lipinski definition) is 0. The highest BCUT2D eigenvalue weighted by atomic mass is 15.2. The van der Waals surface area contributed by atoms with Gasteiger partial charge in [-0.2, -0.15) is 0 Å². The Labute approximate surface area is 105 Å². The fraction of sp³-hybridized carbons (Fsp3) is 0.625. The highest BCUT2D eigenvalue weighted by Crippen LogP contribution is 2.61. The largest absolute Gasteiger partial charge is 0.298 e. The summed E-state index contributed by atoms with van der Waals surface area (Å²) in [4.78, 5) is 2.66.